The summed E-state index contributed by atoms with van der Waals surface area (Å²) in [5.41, 5.74) is 3.40. The van der Waals surface area contributed by atoms with Gasteiger partial charge in [-0.15, -0.1) is 5.10 Å². The molecule has 2 heterocycles. The van der Waals surface area contributed by atoms with Crippen molar-refractivity contribution >= 4 is 23.4 Å². The number of aromatic nitrogens is 4. The second-order valence-electron chi connectivity index (χ2n) is 6.17. The molecule has 0 fully saturated rings. The fourth-order valence-corrected chi connectivity index (χ4v) is 3.91. The van der Waals surface area contributed by atoms with Gasteiger partial charge in [-0.2, -0.15) is 0 Å². The average Bonchev–Trinajstić information content (AvgIpc) is 3.13. The molecule has 3 aromatic rings. The minimum atomic E-state index is 0.0939. The summed E-state index contributed by atoms with van der Waals surface area (Å²) >= 11 is 1.39. The van der Waals surface area contributed by atoms with Gasteiger partial charge in [-0.05, 0) is 40.5 Å². The fourth-order valence-electron chi connectivity index (χ4n) is 3.15. The Hall–Kier alpha value is -2.67. The van der Waals surface area contributed by atoms with Crippen LogP contribution in [0.1, 0.15) is 17.5 Å². The van der Waals surface area contributed by atoms with Crippen LogP contribution < -0.4 is 4.90 Å². The number of hydrogen-bond donors (Lipinski definition) is 0. The van der Waals surface area contributed by atoms with Crippen LogP contribution in [0.25, 0.3) is 0 Å². The van der Waals surface area contributed by atoms with Gasteiger partial charge in [0.05, 0.1) is 12.3 Å². The van der Waals surface area contributed by atoms with E-state index in [9.17, 15) is 4.79 Å². The van der Waals surface area contributed by atoms with Crippen LogP contribution in [0.5, 0.6) is 0 Å². The number of hydrogen-bond acceptors (Lipinski definition) is 5. The molecule has 6 nitrogen and oxygen atoms in total. The molecular formula is C19H19N5OS. The molecule has 26 heavy (non-hydrogen) atoms. The molecule has 0 atom stereocenters. The standard InChI is InChI=1S/C19H19N5OS/c25-18(23-12-6-10-16-9-4-5-11-17(16)23)14-26-19-20-21-22-24(19)13-15-7-2-1-3-8-15/h1-5,7-9,11H,6,10,12-14H2. The van der Waals surface area contributed by atoms with Gasteiger partial charge >= 0.3 is 0 Å². The van der Waals surface area contributed by atoms with Crippen LogP contribution >= 0.6 is 11.8 Å². The summed E-state index contributed by atoms with van der Waals surface area (Å²) in [5.74, 6) is 0.417. The third-order valence-electron chi connectivity index (χ3n) is 4.41. The molecule has 2 aromatic carbocycles. The van der Waals surface area contributed by atoms with E-state index in [0.717, 1.165) is 30.6 Å². The van der Waals surface area contributed by atoms with E-state index in [0.29, 0.717) is 17.5 Å². The molecular weight excluding hydrogens is 346 g/mol. The summed E-state index contributed by atoms with van der Waals surface area (Å²) in [5, 5.41) is 12.5. The largest absolute Gasteiger partial charge is 0.311 e. The fraction of sp³-hybridized carbons (Fsp3) is 0.263. The smallest absolute Gasteiger partial charge is 0.237 e. The highest BCUT2D eigenvalue weighted by molar-refractivity contribution is 7.99. The number of benzene rings is 2. The Morgan fingerprint density at radius 3 is 2.77 bits per heavy atom. The number of carbonyl (C=O) groups excluding carboxylic acids is 1. The summed E-state index contributed by atoms with van der Waals surface area (Å²) in [6.07, 6.45) is 2.03. The minimum Gasteiger partial charge on any atom is -0.311 e. The van der Waals surface area contributed by atoms with E-state index in [-0.39, 0.29) is 5.91 Å². The van der Waals surface area contributed by atoms with Crippen LogP contribution in [0.2, 0.25) is 0 Å². The number of fused-ring (bicyclic) bond motifs is 1. The van der Waals surface area contributed by atoms with Crippen molar-refractivity contribution in [2.45, 2.75) is 24.5 Å². The number of para-hydroxylation sites is 1. The van der Waals surface area contributed by atoms with Crippen molar-refractivity contribution in [3.63, 3.8) is 0 Å². The van der Waals surface area contributed by atoms with Crippen LogP contribution in [0.3, 0.4) is 0 Å². The summed E-state index contributed by atoms with van der Waals surface area (Å²) in [7, 11) is 0. The van der Waals surface area contributed by atoms with E-state index >= 15 is 0 Å². The van der Waals surface area contributed by atoms with Crippen molar-refractivity contribution in [1.29, 1.82) is 0 Å². The highest BCUT2D eigenvalue weighted by Gasteiger charge is 2.22. The van der Waals surface area contributed by atoms with Crippen LogP contribution in [-0.2, 0) is 17.8 Å². The topological polar surface area (TPSA) is 63.9 Å². The SMILES string of the molecule is O=C(CSc1nnnn1Cc1ccccc1)N1CCCc2ccccc21. The van der Waals surface area contributed by atoms with Crippen LogP contribution in [0, 0.1) is 0 Å². The van der Waals surface area contributed by atoms with Crippen molar-refractivity contribution in [1.82, 2.24) is 20.2 Å². The monoisotopic (exact) mass is 365 g/mol. The van der Waals surface area contributed by atoms with E-state index in [4.69, 9.17) is 0 Å². The molecule has 0 radical (unpaired) electrons. The summed E-state index contributed by atoms with van der Waals surface area (Å²) in [6, 6.07) is 18.2. The number of anilines is 1. The zero-order chi connectivity index (χ0) is 17.8. The number of thioether (sulfide) groups is 1. The lowest BCUT2D eigenvalue weighted by atomic mass is 10.0. The molecule has 0 N–H and O–H groups in total. The zero-order valence-corrected chi connectivity index (χ0v) is 15.1. The highest BCUT2D eigenvalue weighted by Crippen LogP contribution is 2.27. The van der Waals surface area contributed by atoms with E-state index in [1.54, 1.807) is 4.68 Å². The molecule has 1 amide bonds. The normalized spacial score (nSPS) is 13.5. The highest BCUT2D eigenvalue weighted by atomic mass is 32.2. The van der Waals surface area contributed by atoms with E-state index in [1.165, 1.54) is 17.3 Å². The predicted molar refractivity (Wildman–Crippen MR) is 101 cm³/mol. The van der Waals surface area contributed by atoms with Crippen molar-refractivity contribution in [3.05, 3.63) is 65.7 Å². The predicted octanol–water partition coefficient (Wildman–Crippen LogP) is 2.79. The molecule has 0 bridgehead atoms. The minimum absolute atomic E-state index is 0.0939. The average molecular weight is 365 g/mol. The van der Waals surface area contributed by atoms with E-state index < -0.39 is 0 Å². The van der Waals surface area contributed by atoms with Crippen LogP contribution in [0.15, 0.2) is 59.8 Å². The number of tetrazole rings is 1. The van der Waals surface area contributed by atoms with E-state index in [1.807, 2.05) is 53.4 Å². The Morgan fingerprint density at radius 1 is 1.08 bits per heavy atom. The van der Waals surface area contributed by atoms with Gasteiger partial charge in [-0.1, -0.05) is 60.3 Å². The van der Waals surface area contributed by atoms with Gasteiger partial charge < -0.3 is 4.90 Å². The first-order valence-corrected chi connectivity index (χ1v) is 9.61. The van der Waals surface area contributed by atoms with Crippen molar-refractivity contribution in [3.8, 4) is 0 Å². The summed E-state index contributed by atoms with van der Waals surface area (Å²) in [6.45, 7) is 1.36. The second kappa shape index (κ2) is 7.70. The number of carbonyl (C=O) groups is 1. The Bertz CT molecular complexity index is 896. The third-order valence-corrected chi connectivity index (χ3v) is 5.35. The van der Waals surface area contributed by atoms with Gasteiger partial charge in [-0.25, -0.2) is 4.68 Å². The first-order valence-electron chi connectivity index (χ1n) is 8.62. The zero-order valence-electron chi connectivity index (χ0n) is 14.3. The second-order valence-corrected chi connectivity index (χ2v) is 7.11. The van der Waals surface area contributed by atoms with E-state index in [2.05, 4.69) is 21.6 Å². The lowest BCUT2D eigenvalue weighted by molar-refractivity contribution is -0.116. The molecule has 132 valence electrons. The summed E-state index contributed by atoms with van der Waals surface area (Å²) < 4.78 is 1.73. The van der Waals surface area contributed by atoms with Crippen molar-refractivity contribution in [2.24, 2.45) is 0 Å². The first kappa shape index (κ1) is 16.8. The quantitative estimate of drug-likeness (QED) is 0.651. The molecule has 0 aliphatic carbocycles. The van der Waals surface area contributed by atoms with Gasteiger partial charge in [-0.3, -0.25) is 4.79 Å². The van der Waals surface area contributed by atoms with Gasteiger partial charge in [0, 0.05) is 12.2 Å². The number of amides is 1. The summed E-state index contributed by atoms with van der Waals surface area (Å²) in [4.78, 5) is 14.6. The molecule has 1 aliphatic heterocycles. The molecule has 1 aliphatic rings. The molecule has 0 unspecified atom stereocenters. The first-order chi connectivity index (χ1) is 12.8. The molecule has 0 saturated carbocycles. The Labute approximate surface area is 156 Å². The molecule has 0 saturated heterocycles. The Morgan fingerprint density at radius 2 is 1.88 bits per heavy atom. The van der Waals surface area contributed by atoms with Crippen LogP contribution in [-0.4, -0.2) is 38.4 Å². The van der Waals surface area contributed by atoms with Gasteiger partial charge in [0.2, 0.25) is 11.1 Å². The Kier molecular flexibility index (Phi) is 4.97. The molecule has 4 rings (SSSR count). The third kappa shape index (κ3) is 3.62. The van der Waals surface area contributed by atoms with Crippen molar-refractivity contribution in [2.75, 3.05) is 17.2 Å². The van der Waals surface area contributed by atoms with Crippen LogP contribution in [0.4, 0.5) is 5.69 Å². The number of aryl methyl sites for hydroxylation is 1. The van der Waals surface area contributed by atoms with Crippen molar-refractivity contribution < 1.29 is 4.79 Å². The molecule has 1 aromatic heterocycles. The van der Waals surface area contributed by atoms with Gasteiger partial charge in [0.1, 0.15) is 0 Å². The Balaban J connectivity index is 1.42. The molecule has 0 spiro atoms. The lowest BCUT2D eigenvalue weighted by Gasteiger charge is -2.29. The van der Waals surface area contributed by atoms with Gasteiger partial charge in [0.15, 0.2) is 0 Å². The maximum atomic E-state index is 12.8. The lowest BCUT2D eigenvalue weighted by Crippen LogP contribution is -2.36. The molecule has 7 heteroatoms. The number of nitrogens with zero attached hydrogens (tertiary/aromatic N) is 5. The van der Waals surface area contributed by atoms with Gasteiger partial charge in [0.25, 0.3) is 0 Å². The maximum Gasteiger partial charge on any atom is 0.237 e. The maximum absolute atomic E-state index is 12.8. The number of rotatable bonds is 5.